The van der Waals surface area contributed by atoms with Crippen LogP contribution in [0.1, 0.15) is 29.5 Å². The molecule has 0 spiro atoms. The molecule has 1 aromatic heterocycles. The van der Waals surface area contributed by atoms with Crippen molar-refractivity contribution in [1.82, 2.24) is 9.88 Å². The van der Waals surface area contributed by atoms with Gasteiger partial charge in [0.05, 0.1) is 5.60 Å². The molecule has 0 atom stereocenters. The van der Waals surface area contributed by atoms with Crippen molar-refractivity contribution in [3.8, 4) is 0 Å². The molecule has 116 valence electrons. The number of benzene rings is 1. The van der Waals surface area contributed by atoms with E-state index in [-0.39, 0.29) is 0 Å². The minimum atomic E-state index is -0.550. The fraction of sp³-hybridized carbons (Fsp3) is 0.421. The quantitative estimate of drug-likeness (QED) is 0.942. The maximum atomic E-state index is 10.8. The second-order valence-corrected chi connectivity index (χ2v) is 6.47. The molecule has 0 bridgehead atoms. The van der Waals surface area contributed by atoms with E-state index in [1.807, 2.05) is 30.6 Å². The molecule has 3 rings (SSSR count). The number of nitrogens with zero attached hydrogens (tertiary/aromatic N) is 2. The van der Waals surface area contributed by atoms with Gasteiger partial charge >= 0.3 is 0 Å². The SMILES string of the molecule is Cc1cnccc1CN1CCC(O)(Cc2ccccc2)CC1. The van der Waals surface area contributed by atoms with Crippen molar-refractivity contribution in [3.63, 3.8) is 0 Å². The third kappa shape index (κ3) is 3.73. The predicted molar refractivity (Wildman–Crippen MR) is 88.6 cm³/mol. The lowest BCUT2D eigenvalue weighted by atomic mass is 9.85. The third-order valence-corrected chi connectivity index (χ3v) is 4.69. The van der Waals surface area contributed by atoms with E-state index in [0.29, 0.717) is 0 Å². The Morgan fingerprint density at radius 2 is 1.86 bits per heavy atom. The molecule has 0 aliphatic carbocycles. The van der Waals surface area contributed by atoms with Crippen molar-refractivity contribution in [2.24, 2.45) is 0 Å². The molecular formula is C19H24N2O. The zero-order chi connectivity index (χ0) is 15.4. The minimum absolute atomic E-state index is 0.550. The maximum absolute atomic E-state index is 10.8. The van der Waals surface area contributed by atoms with Crippen LogP contribution >= 0.6 is 0 Å². The maximum Gasteiger partial charge on any atom is 0.0712 e. The van der Waals surface area contributed by atoms with Gasteiger partial charge in [0.15, 0.2) is 0 Å². The molecule has 0 amide bonds. The molecule has 0 radical (unpaired) electrons. The molecule has 1 fully saturated rings. The molecule has 1 N–H and O–H groups in total. The molecule has 22 heavy (non-hydrogen) atoms. The van der Waals surface area contributed by atoms with Crippen molar-refractivity contribution < 1.29 is 5.11 Å². The molecule has 0 saturated carbocycles. The number of hydrogen-bond acceptors (Lipinski definition) is 3. The van der Waals surface area contributed by atoms with Crippen LogP contribution in [-0.4, -0.2) is 33.7 Å². The van der Waals surface area contributed by atoms with Crippen molar-refractivity contribution in [2.45, 2.75) is 38.3 Å². The van der Waals surface area contributed by atoms with Gasteiger partial charge < -0.3 is 5.11 Å². The van der Waals surface area contributed by atoms with Crippen molar-refractivity contribution >= 4 is 0 Å². The van der Waals surface area contributed by atoms with Gasteiger partial charge in [-0.15, -0.1) is 0 Å². The zero-order valence-electron chi connectivity index (χ0n) is 13.2. The standard InChI is InChI=1S/C19H24N2O/c1-16-14-20-10-7-18(16)15-21-11-8-19(22,9-12-21)13-17-5-3-2-4-6-17/h2-7,10,14,22H,8-9,11-13,15H2,1H3. The van der Waals surface area contributed by atoms with Crippen molar-refractivity contribution in [1.29, 1.82) is 0 Å². The molecule has 1 aromatic carbocycles. The normalized spacial score (nSPS) is 18.3. The lowest BCUT2D eigenvalue weighted by molar-refractivity contribution is -0.0224. The molecule has 3 heteroatoms. The van der Waals surface area contributed by atoms with E-state index < -0.39 is 5.60 Å². The highest BCUT2D eigenvalue weighted by Gasteiger charge is 2.32. The lowest BCUT2D eigenvalue weighted by Crippen LogP contribution is -2.45. The van der Waals surface area contributed by atoms with Crippen LogP contribution < -0.4 is 0 Å². The topological polar surface area (TPSA) is 36.4 Å². The van der Waals surface area contributed by atoms with Crippen LogP contribution in [0.2, 0.25) is 0 Å². The minimum Gasteiger partial charge on any atom is -0.389 e. The van der Waals surface area contributed by atoms with E-state index >= 15 is 0 Å². The summed E-state index contributed by atoms with van der Waals surface area (Å²) in [4.78, 5) is 6.58. The monoisotopic (exact) mass is 296 g/mol. The van der Waals surface area contributed by atoms with E-state index in [9.17, 15) is 5.11 Å². The summed E-state index contributed by atoms with van der Waals surface area (Å²) < 4.78 is 0. The summed E-state index contributed by atoms with van der Waals surface area (Å²) >= 11 is 0. The second kappa shape index (κ2) is 6.59. The van der Waals surface area contributed by atoms with E-state index in [4.69, 9.17) is 0 Å². The highest BCUT2D eigenvalue weighted by Crippen LogP contribution is 2.27. The molecule has 1 aliphatic heterocycles. The number of aromatic nitrogens is 1. The zero-order valence-corrected chi connectivity index (χ0v) is 13.2. The van der Waals surface area contributed by atoms with Crippen LogP contribution in [0.15, 0.2) is 48.8 Å². The van der Waals surface area contributed by atoms with Gasteiger partial charge in [0, 0.05) is 38.4 Å². The molecule has 1 aliphatic rings. The number of aryl methyl sites for hydroxylation is 1. The third-order valence-electron chi connectivity index (χ3n) is 4.69. The van der Waals surface area contributed by atoms with Gasteiger partial charge in [-0.3, -0.25) is 9.88 Å². The number of hydrogen-bond donors (Lipinski definition) is 1. The number of pyridine rings is 1. The summed E-state index contributed by atoms with van der Waals surface area (Å²) in [5, 5.41) is 10.8. The van der Waals surface area contributed by atoms with Gasteiger partial charge in [0.1, 0.15) is 0 Å². The number of piperidine rings is 1. The molecular weight excluding hydrogens is 272 g/mol. The Bertz CT molecular complexity index is 604. The lowest BCUT2D eigenvalue weighted by Gasteiger charge is -2.38. The van der Waals surface area contributed by atoms with E-state index in [2.05, 4.69) is 35.0 Å². The summed E-state index contributed by atoms with van der Waals surface area (Å²) in [6.45, 7) is 4.96. The largest absolute Gasteiger partial charge is 0.389 e. The summed E-state index contributed by atoms with van der Waals surface area (Å²) in [6, 6.07) is 12.4. The molecule has 2 heterocycles. The van der Waals surface area contributed by atoms with Crippen LogP contribution in [0.4, 0.5) is 0 Å². The summed E-state index contributed by atoms with van der Waals surface area (Å²) in [5.41, 5.74) is 3.25. The molecule has 2 aromatic rings. The first-order valence-corrected chi connectivity index (χ1v) is 8.03. The van der Waals surface area contributed by atoms with Gasteiger partial charge in [-0.25, -0.2) is 0 Å². The van der Waals surface area contributed by atoms with Gasteiger partial charge in [-0.1, -0.05) is 30.3 Å². The first-order valence-electron chi connectivity index (χ1n) is 8.03. The molecule has 3 nitrogen and oxygen atoms in total. The van der Waals surface area contributed by atoms with E-state index in [0.717, 1.165) is 38.9 Å². The van der Waals surface area contributed by atoms with Gasteiger partial charge in [-0.05, 0) is 42.5 Å². The average molecular weight is 296 g/mol. The van der Waals surface area contributed by atoms with Gasteiger partial charge in [0.25, 0.3) is 0 Å². The van der Waals surface area contributed by atoms with E-state index in [1.165, 1.54) is 16.7 Å². The van der Waals surface area contributed by atoms with Crippen LogP contribution in [-0.2, 0) is 13.0 Å². The van der Waals surface area contributed by atoms with Crippen LogP contribution in [0.25, 0.3) is 0 Å². The first kappa shape index (κ1) is 15.2. The van der Waals surface area contributed by atoms with Crippen molar-refractivity contribution in [3.05, 3.63) is 65.5 Å². The summed E-state index contributed by atoms with van der Waals surface area (Å²) in [7, 11) is 0. The first-order chi connectivity index (χ1) is 10.6. The Balaban J connectivity index is 1.57. The second-order valence-electron chi connectivity index (χ2n) is 6.47. The predicted octanol–water partition coefficient (Wildman–Crippen LogP) is 2.96. The summed E-state index contributed by atoms with van der Waals surface area (Å²) in [5.74, 6) is 0. The highest BCUT2D eigenvalue weighted by atomic mass is 16.3. The average Bonchev–Trinajstić information content (AvgIpc) is 2.53. The van der Waals surface area contributed by atoms with E-state index in [1.54, 1.807) is 0 Å². The highest BCUT2D eigenvalue weighted by molar-refractivity contribution is 5.21. The van der Waals surface area contributed by atoms with Crippen LogP contribution in [0.3, 0.4) is 0 Å². The molecule has 0 unspecified atom stereocenters. The Morgan fingerprint density at radius 3 is 2.55 bits per heavy atom. The fourth-order valence-corrected chi connectivity index (χ4v) is 3.20. The number of rotatable bonds is 4. The van der Waals surface area contributed by atoms with Crippen LogP contribution in [0, 0.1) is 6.92 Å². The van der Waals surface area contributed by atoms with Gasteiger partial charge in [0.2, 0.25) is 0 Å². The Kier molecular flexibility index (Phi) is 4.55. The number of likely N-dealkylation sites (tertiary alicyclic amines) is 1. The smallest absolute Gasteiger partial charge is 0.0712 e. The molecule has 1 saturated heterocycles. The fourth-order valence-electron chi connectivity index (χ4n) is 3.20. The summed E-state index contributed by atoms with van der Waals surface area (Å²) in [6.07, 6.45) is 6.22. The van der Waals surface area contributed by atoms with Gasteiger partial charge in [-0.2, -0.15) is 0 Å². The Labute approximate surface area is 132 Å². The number of aliphatic hydroxyl groups is 1. The Morgan fingerprint density at radius 1 is 1.14 bits per heavy atom. The van der Waals surface area contributed by atoms with Crippen LogP contribution in [0.5, 0.6) is 0 Å². The van der Waals surface area contributed by atoms with Crippen molar-refractivity contribution in [2.75, 3.05) is 13.1 Å². The Hall–Kier alpha value is -1.71.